The fourth-order valence-electron chi connectivity index (χ4n) is 2.31. The van der Waals surface area contributed by atoms with Crippen LogP contribution in [0, 0.1) is 44.2 Å². The Kier molecular flexibility index (Phi) is 4.40. The van der Waals surface area contributed by atoms with Crippen molar-refractivity contribution >= 4 is 28.4 Å². The Morgan fingerprint density at radius 1 is 0.750 bits per heavy atom. The number of aryl methyl sites for hydroxylation is 2. The molecule has 124 valence electrons. The van der Waals surface area contributed by atoms with Crippen LogP contribution in [0.25, 0.3) is 0 Å². The van der Waals surface area contributed by atoms with Gasteiger partial charge in [-0.3, -0.25) is 30.3 Å². The van der Waals surface area contributed by atoms with E-state index >= 15 is 0 Å². The maximum Gasteiger partial charge on any atom is 0.306 e. The van der Waals surface area contributed by atoms with Crippen molar-refractivity contribution < 1.29 is 14.8 Å². The monoisotopic (exact) mass is 332 g/mol. The molecule has 24 heavy (non-hydrogen) atoms. The first-order chi connectivity index (χ1) is 11.2. The molecule has 0 fully saturated rings. The highest BCUT2D eigenvalue weighted by Crippen LogP contribution is 2.40. The summed E-state index contributed by atoms with van der Waals surface area (Å²) in [5, 5.41) is 35.9. The number of hydrogen-bond acceptors (Lipinski definition) is 7. The summed E-state index contributed by atoms with van der Waals surface area (Å²) in [6, 6.07) is 6.56. The molecule has 0 amide bonds. The highest BCUT2D eigenvalue weighted by molar-refractivity contribution is 5.81. The minimum Gasteiger partial charge on any atom is -0.344 e. The van der Waals surface area contributed by atoms with Crippen molar-refractivity contribution in [3.05, 3.63) is 71.8 Å². The van der Waals surface area contributed by atoms with E-state index in [1.807, 2.05) is 6.07 Å². The summed E-state index contributed by atoms with van der Waals surface area (Å²) in [5.74, 6) is 0. The lowest BCUT2D eigenvalue weighted by Gasteiger charge is -2.09. The molecule has 0 saturated carbocycles. The van der Waals surface area contributed by atoms with Crippen LogP contribution in [-0.2, 0) is 0 Å². The highest BCUT2D eigenvalue weighted by atomic mass is 16.6. The minimum absolute atomic E-state index is 0.402. The van der Waals surface area contributed by atoms with Gasteiger partial charge < -0.3 is 5.32 Å². The van der Waals surface area contributed by atoms with Gasteiger partial charge in [0.05, 0.1) is 26.9 Å². The molecule has 0 saturated heterocycles. The Morgan fingerprint density at radius 3 is 1.58 bits per heavy atom. The molecule has 0 unspecified atom stereocenters. The molecule has 10 heteroatoms. The quantitative estimate of drug-likeness (QED) is 0.648. The number of nitrogens with one attached hydrogen (secondary N) is 1. The van der Waals surface area contributed by atoms with Crippen LogP contribution in [-0.4, -0.2) is 14.8 Å². The summed E-state index contributed by atoms with van der Waals surface area (Å²) in [6.07, 6.45) is 0. The molecule has 1 N–H and O–H groups in total. The molecule has 0 atom stereocenters. The normalized spacial score (nSPS) is 10.2. The van der Waals surface area contributed by atoms with Gasteiger partial charge in [0.2, 0.25) is 0 Å². The number of nitrogens with zero attached hydrogens (tertiary/aromatic N) is 3. The van der Waals surface area contributed by atoms with Gasteiger partial charge >= 0.3 is 11.4 Å². The van der Waals surface area contributed by atoms with Gasteiger partial charge in [0.25, 0.3) is 5.69 Å². The van der Waals surface area contributed by atoms with E-state index in [4.69, 9.17) is 0 Å². The van der Waals surface area contributed by atoms with Crippen LogP contribution < -0.4 is 5.32 Å². The Hall–Kier alpha value is -3.56. The second-order valence-corrected chi connectivity index (χ2v) is 5.13. The Morgan fingerprint density at radius 2 is 1.21 bits per heavy atom. The Balaban J connectivity index is 2.68. The number of anilines is 2. The van der Waals surface area contributed by atoms with E-state index in [0.29, 0.717) is 17.8 Å². The van der Waals surface area contributed by atoms with Gasteiger partial charge in [-0.1, -0.05) is 6.07 Å². The number of nitro groups is 3. The standard InChI is InChI=1S/C14H12N4O6/c1-8-3-9(2)5-10(4-8)15-14-12(17(21)22)6-11(16(19)20)7-13(14)18(23)24/h3-7,15H,1-2H3. The largest absolute Gasteiger partial charge is 0.344 e. The molecule has 0 radical (unpaired) electrons. The molecule has 0 heterocycles. The SMILES string of the molecule is Cc1cc(C)cc(Nc2c([N+](=O)[O-])cc([N+](=O)[O-])cc2[N+](=O)[O-])c1. The lowest BCUT2D eigenvalue weighted by atomic mass is 10.1. The van der Waals surface area contributed by atoms with Gasteiger partial charge in [-0.25, -0.2) is 0 Å². The van der Waals surface area contributed by atoms with Crippen molar-refractivity contribution in [2.45, 2.75) is 13.8 Å². The molecule has 2 aromatic carbocycles. The molecular formula is C14H12N4O6. The zero-order chi connectivity index (χ0) is 18.0. The average molecular weight is 332 g/mol. The summed E-state index contributed by atoms with van der Waals surface area (Å²) >= 11 is 0. The molecule has 2 aromatic rings. The number of non-ortho nitro benzene ring substituents is 1. The third-order valence-electron chi connectivity index (χ3n) is 3.18. The number of benzene rings is 2. The van der Waals surface area contributed by atoms with Gasteiger partial charge in [-0.15, -0.1) is 0 Å². The third-order valence-corrected chi connectivity index (χ3v) is 3.18. The molecule has 10 nitrogen and oxygen atoms in total. The molecule has 0 aliphatic carbocycles. The van der Waals surface area contributed by atoms with E-state index < -0.39 is 37.5 Å². The molecule has 2 rings (SSSR count). The van der Waals surface area contributed by atoms with Crippen LogP contribution >= 0.6 is 0 Å². The van der Waals surface area contributed by atoms with Gasteiger partial charge in [0.1, 0.15) is 0 Å². The average Bonchev–Trinajstić information content (AvgIpc) is 2.45. The predicted molar refractivity (Wildman–Crippen MR) is 85.6 cm³/mol. The van der Waals surface area contributed by atoms with Crippen molar-refractivity contribution in [3.63, 3.8) is 0 Å². The first-order valence-corrected chi connectivity index (χ1v) is 6.65. The van der Waals surface area contributed by atoms with Crippen LogP contribution in [0.1, 0.15) is 11.1 Å². The summed E-state index contributed by atoms with van der Waals surface area (Å²) in [4.78, 5) is 30.6. The summed E-state index contributed by atoms with van der Waals surface area (Å²) in [7, 11) is 0. The van der Waals surface area contributed by atoms with Gasteiger partial charge in [-0.05, 0) is 37.1 Å². The summed E-state index contributed by atoms with van der Waals surface area (Å²) in [6.45, 7) is 3.60. The van der Waals surface area contributed by atoms with Crippen molar-refractivity contribution in [3.8, 4) is 0 Å². The van der Waals surface area contributed by atoms with Gasteiger partial charge in [0.15, 0.2) is 5.69 Å². The number of hydrogen-bond donors (Lipinski definition) is 1. The van der Waals surface area contributed by atoms with E-state index in [1.54, 1.807) is 26.0 Å². The summed E-state index contributed by atoms with van der Waals surface area (Å²) < 4.78 is 0. The van der Waals surface area contributed by atoms with Crippen molar-refractivity contribution in [1.82, 2.24) is 0 Å². The first kappa shape index (κ1) is 16.8. The van der Waals surface area contributed by atoms with Crippen LogP contribution in [0.5, 0.6) is 0 Å². The van der Waals surface area contributed by atoms with E-state index in [0.717, 1.165) is 11.1 Å². The minimum atomic E-state index is -0.916. The first-order valence-electron chi connectivity index (χ1n) is 6.65. The topological polar surface area (TPSA) is 141 Å². The molecule has 0 spiro atoms. The lowest BCUT2D eigenvalue weighted by Crippen LogP contribution is -2.03. The Labute approximate surface area is 135 Å². The fourth-order valence-corrected chi connectivity index (χ4v) is 2.31. The third kappa shape index (κ3) is 3.43. The van der Waals surface area contributed by atoms with Crippen molar-refractivity contribution in [2.24, 2.45) is 0 Å². The van der Waals surface area contributed by atoms with Gasteiger partial charge in [-0.2, -0.15) is 0 Å². The van der Waals surface area contributed by atoms with Crippen LogP contribution in [0.15, 0.2) is 30.3 Å². The second kappa shape index (κ2) is 6.28. The second-order valence-electron chi connectivity index (χ2n) is 5.13. The molecule has 0 aliphatic heterocycles. The van der Waals surface area contributed by atoms with E-state index in [1.165, 1.54) is 0 Å². The fraction of sp³-hybridized carbons (Fsp3) is 0.143. The van der Waals surface area contributed by atoms with E-state index in [9.17, 15) is 30.3 Å². The predicted octanol–water partition coefficient (Wildman–Crippen LogP) is 3.77. The van der Waals surface area contributed by atoms with Crippen LogP contribution in [0.4, 0.5) is 28.4 Å². The summed E-state index contributed by atoms with van der Waals surface area (Å²) in [5.41, 5.74) is -0.493. The molecular weight excluding hydrogens is 320 g/mol. The highest BCUT2D eigenvalue weighted by Gasteiger charge is 2.30. The van der Waals surface area contributed by atoms with Crippen molar-refractivity contribution in [2.75, 3.05) is 5.32 Å². The maximum atomic E-state index is 11.2. The van der Waals surface area contributed by atoms with E-state index in [-0.39, 0.29) is 0 Å². The lowest BCUT2D eigenvalue weighted by molar-refractivity contribution is -0.401. The van der Waals surface area contributed by atoms with Crippen molar-refractivity contribution in [1.29, 1.82) is 0 Å². The molecule has 0 aliphatic rings. The van der Waals surface area contributed by atoms with Crippen LogP contribution in [0.2, 0.25) is 0 Å². The number of nitro benzene ring substituents is 3. The van der Waals surface area contributed by atoms with Gasteiger partial charge in [0, 0.05) is 5.69 Å². The zero-order valence-electron chi connectivity index (χ0n) is 12.7. The Bertz CT molecular complexity index is 809. The smallest absolute Gasteiger partial charge is 0.306 e. The molecule has 0 aromatic heterocycles. The maximum absolute atomic E-state index is 11.2. The number of rotatable bonds is 5. The van der Waals surface area contributed by atoms with Crippen LogP contribution in [0.3, 0.4) is 0 Å². The molecule has 0 bridgehead atoms. The zero-order valence-corrected chi connectivity index (χ0v) is 12.7. The van der Waals surface area contributed by atoms with E-state index in [2.05, 4.69) is 5.32 Å².